The molecule has 2 heteroatoms. The molecule has 11 heavy (non-hydrogen) atoms. The summed E-state index contributed by atoms with van der Waals surface area (Å²) < 4.78 is 0. The van der Waals surface area contributed by atoms with E-state index in [2.05, 4.69) is 32.6 Å². The molecule has 0 fully saturated rings. The van der Waals surface area contributed by atoms with Crippen LogP contribution in [0.1, 0.15) is 27.7 Å². The summed E-state index contributed by atoms with van der Waals surface area (Å²) in [6, 6.07) is 0. The van der Waals surface area contributed by atoms with Crippen LogP contribution in [0.4, 0.5) is 0 Å². The minimum atomic E-state index is 0.288. The first-order valence-electron chi connectivity index (χ1n) is 4.48. The number of alkyl halides is 1. The van der Waals surface area contributed by atoms with Gasteiger partial charge in [0.1, 0.15) is 0 Å². The Morgan fingerprint density at radius 1 is 1.18 bits per heavy atom. The molecule has 0 rings (SSSR count). The van der Waals surface area contributed by atoms with Crippen LogP contribution in [-0.2, 0) is 0 Å². The normalized spacial score (nSPS) is 16.9. The van der Waals surface area contributed by atoms with Gasteiger partial charge >= 0.3 is 0 Å². The van der Waals surface area contributed by atoms with E-state index in [1.165, 1.54) is 0 Å². The zero-order chi connectivity index (χ0) is 8.85. The molecule has 0 amide bonds. The zero-order valence-electron chi connectivity index (χ0n) is 8.10. The molecule has 0 spiro atoms. The molecular formula is C9H20ClN. The van der Waals surface area contributed by atoms with Crippen molar-refractivity contribution in [3.63, 3.8) is 0 Å². The molecule has 0 saturated heterocycles. The van der Waals surface area contributed by atoms with E-state index in [4.69, 9.17) is 11.6 Å². The quantitative estimate of drug-likeness (QED) is 0.584. The van der Waals surface area contributed by atoms with Crippen molar-refractivity contribution in [2.45, 2.75) is 33.1 Å². The van der Waals surface area contributed by atoms with Gasteiger partial charge in [-0.05, 0) is 25.9 Å². The van der Waals surface area contributed by atoms with E-state index < -0.39 is 0 Å². The van der Waals surface area contributed by atoms with Gasteiger partial charge in [-0.15, -0.1) is 11.6 Å². The fraction of sp³-hybridized carbons (Fsp3) is 1.00. The molecule has 0 aromatic heterocycles. The van der Waals surface area contributed by atoms with E-state index >= 15 is 0 Å². The molecule has 2 atom stereocenters. The lowest BCUT2D eigenvalue weighted by molar-refractivity contribution is 0.259. The first kappa shape index (κ1) is 11.2. The topological polar surface area (TPSA) is 3.24 Å². The molecule has 0 bridgehead atoms. The van der Waals surface area contributed by atoms with Gasteiger partial charge in [0, 0.05) is 11.9 Å². The van der Waals surface area contributed by atoms with Gasteiger partial charge in [0.2, 0.25) is 0 Å². The van der Waals surface area contributed by atoms with Crippen LogP contribution < -0.4 is 0 Å². The molecule has 0 heterocycles. The third-order valence-corrected chi connectivity index (χ3v) is 2.65. The van der Waals surface area contributed by atoms with Gasteiger partial charge < -0.3 is 4.90 Å². The molecule has 0 aliphatic carbocycles. The Balaban J connectivity index is 3.62. The average molecular weight is 178 g/mol. The van der Waals surface area contributed by atoms with E-state index in [0.717, 1.165) is 19.6 Å². The predicted molar refractivity (Wildman–Crippen MR) is 52.3 cm³/mol. The summed E-state index contributed by atoms with van der Waals surface area (Å²) in [5.74, 6) is 0.594. The van der Waals surface area contributed by atoms with Gasteiger partial charge in [-0.1, -0.05) is 20.8 Å². The predicted octanol–water partition coefficient (Wildman–Crippen LogP) is 2.59. The molecule has 0 aromatic rings. The summed E-state index contributed by atoms with van der Waals surface area (Å²) in [6.07, 6.45) is 0. The Morgan fingerprint density at radius 3 is 1.91 bits per heavy atom. The zero-order valence-corrected chi connectivity index (χ0v) is 8.86. The van der Waals surface area contributed by atoms with Crippen LogP contribution in [0.25, 0.3) is 0 Å². The summed E-state index contributed by atoms with van der Waals surface area (Å²) in [5, 5.41) is 0.288. The Morgan fingerprint density at radius 2 is 1.64 bits per heavy atom. The van der Waals surface area contributed by atoms with E-state index in [0.29, 0.717) is 5.92 Å². The maximum Gasteiger partial charge on any atom is 0.0345 e. The highest BCUT2D eigenvalue weighted by Gasteiger charge is 2.11. The second-order valence-electron chi connectivity index (χ2n) is 3.14. The molecule has 0 aromatic carbocycles. The van der Waals surface area contributed by atoms with Crippen LogP contribution in [0, 0.1) is 5.92 Å². The maximum atomic E-state index is 5.96. The summed E-state index contributed by atoms with van der Waals surface area (Å²) in [7, 11) is 0. The van der Waals surface area contributed by atoms with Crippen molar-refractivity contribution >= 4 is 11.6 Å². The number of hydrogen-bond acceptors (Lipinski definition) is 1. The number of hydrogen-bond donors (Lipinski definition) is 0. The smallest absolute Gasteiger partial charge is 0.0345 e. The molecule has 0 aliphatic heterocycles. The van der Waals surface area contributed by atoms with Gasteiger partial charge in [0.05, 0.1) is 0 Å². The van der Waals surface area contributed by atoms with Crippen LogP contribution in [0.15, 0.2) is 0 Å². The highest BCUT2D eigenvalue weighted by molar-refractivity contribution is 6.20. The fourth-order valence-electron chi connectivity index (χ4n) is 1.03. The lowest BCUT2D eigenvalue weighted by Gasteiger charge is -2.23. The molecule has 68 valence electrons. The maximum absolute atomic E-state index is 5.96. The second kappa shape index (κ2) is 5.84. The standard InChI is InChI=1S/C9H20ClN/c1-5-11(6-2)7-8(3)9(4)10/h8-9H,5-7H2,1-4H3. The number of rotatable bonds is 5. The molecular weight excluding hydrogens is 158 g/mol. The number of halogens is 1. The van der Waals surface area contributed by atoms with Crippen molar-refractivity contribution in [1.82, 2.24) is 4.90 Å². The molecule has 1 nitrogen and oxygen atoms in total. The third kappa shape index (κ3) is 4.65. The van der Waals surface area contributed by atoms with Gasteiger partial charge in [-0.3, -0.25) is 0 Å². The van der Waals surface area contributed by atoms with Crippen LogP contribution in [-0.4, -0.2) is 29.9 Å². The summed E-state index contributed by atoms with van der Waals surface area (Å²) in [5.41, 5.74) is 0. The van der Waals surface area contributed by atoms with Crippen molar-refractivity contribution < 1.29 is 0 Å². The van der Waals surface area contributed by atoms with E-state index in [-0.39, 0.29) is 5.38 Å². The molecule has 0 radical (unpaired) electrons. The molecule has 0 N–H and O–H groups in total. The van der Waals surface area contributed by atoms with Gasteiger partial charge in [0.15, 0.2) is 0 Å². The van der Waals surface area contributed by atoms with E-state index in [9.17, 15) is 0 Å². The highest BCUT2D eigenvalue weighted by Crippen LogP contribution is 2.10. The Labute approximate surface area is 75.7 Å². The lowest BCUT2D eigenvalue weighted by Crippen LogP contribution is -2.30. The van der Waals surface area contributed by atoms with Crippen molar-refractivity contribution in [2.75, 3.05) is 19.6 Å². The van der Waals surface area contributed by atoms with Crippen molar-refractivity contribution in [1.29, 1.82) is 0 Å². The van der Waals surface area contributed by atoms with E-state index in [1.54, 1.807) is 0 Å². The van der Waals surface area contributed by atoms with Crippen LogP contribution in [0.5, 0.6) is 0 Å². The van der Waals surface area contributed by atoms with Crippen LogP contribution >= 0.6 is 11.6 Å². The Bertz CT molecular complexity index is 89.6. The van der Waals surface area contributed by atoms with Crippen molar-refractivity contribution in [3.8, 4) is 0 Å². The number of nitrogens with zero attached hydrogens (tertiary/aromatic N) is 1. The van der Waals surface area contributed by atoms with Gasteiger partial charge in [0.25, 0.3) is 0 Å². The Kier molecular flexibility index (Phi) is 5.98. The average Bonchev–Trinajstić information content (AvgIpc) is 1.99. The molecule has 2 unspecified atom stereocenters. The van der Waals surface area contributed by atoms with Crippen molar-refractivity contribution in [3.05, 3.63) is 0 Å². The minimum absolute atomic E-state index is 0.288. The first-order chi connectivity index (χ1) is 5.11. The van der Waals surface area contributed by atoms with Crippen molar-refractivity contribution in [2.24, 2.45) is 5.92 Å². The monoisotopic (exact) mass is 177 g/mol. The minimum Gasteiger partial charge on any atom is -0.304 e. The van der Waals surface area contributed by atoms with E-state index in [1.807, 2.05) is 0 Å². The Hall–Kier alpha value is 0.250. The fourth-order valence-corrected chi connectivity index (χ4v) is 1.11. The molecule has 0 aliphatic rings. The first-order valence-corrected chi connectivity index (χ1v) is 4.91. The SMILES string of the molecule is CCN(CC)CC(C)C(C)Cl. The van der Waals surface area contributed by atoms with Crippen LogP contribution in [0.3, 0.4) is 0 Å². The van der Waals surface area contributed by atoms with Crippen LogP contribution in [0.2, 0.25) is 0 Å². The lowest BCUT2D eigenvalue weighted by atomic mass is 10.1. The highest BCUT2D eigenvalue weighted by atomic mass is 35.5. The largest absolute Gasteiger partial charge is 0.304 e. The van der Waals surface area contributed by atoms with Gasteiger partial charge in [-0.2, -0.15) is 0 Å². The summed E-state index contributed by atoms with van der Waals surface area (Å²) in [6.45, 7) is 12.0. The van der Waals surface area contributed by atoms with Gasteiger partial charge in [-0.25, -0.2) is 0 Å². The third-order valence-electron chi connectivity index (χ3n) is 2.22. The second-order valence-corrected chi connectivity index (χ2v) is 3.83. The molecule has 0 saturated carbocycles. The summed E-state index contributed by atoms with van der Waals surface area (Å²) >= 11 is 5.96. The summed E-state index contributed by atoms with van der Waals surface area (Å²) in [4.78, 5) is 2.41.